The molecule has 0 aromatic heterocycles. The molecule has 0 N–H and O–H groups in total. The fourth-order valence-corrected chi connectivity index (χ4v) is 4.68. The van der Waals surface area contributed by atoms with Gasteiger partial charge in [0.2, 0.25) is 5.91 Å². The molecule has 0 spiro atoms. The van der Waals surface area contributed by atoms with E-state index in [9.17, 15) is 13.2 Å². The number of carbonyl (C=O) groups excluding carboxylic acids is 1. The van der Waals surface area contributed by atoms with Crippen molar-refractivity contribution in [2.45, 2.75) is 37.0 Å². The minimum atomic E-state index is -3.12. The van der Waals surface area contributed by atoms with Crippen molar-refractivity contribution in [1.82, 2.24) is 4.90 Å². The zero-order valence-electron chi connectivity index (χ0n) is 12.3. The Balaban J connectivity index is 2.09. The summed E-state index contributed by atoms with van der Waals surface area (Å²) in [4.78, 5) is 14.0. The van der Waals surface area contributed by atoms with Crippen LogP contribution in [0.4, 0.5) is 0 Å². The third kappa shape index (κ3) is 3.98. The summed E-state index contributed by atoms with van der Waals surface area (Å²) in [6.07, 6.45) is 3.72. The molecule has 0 aliphatic heterocycles. The molecule has 116 valence electrons. The van der Waals surface area contributed by atoms with E-state index in [1.54, 1.807) is 30.1 Å². The number of sulfone groups is 1. The maximum atomic E-state index is 12.4. The van der Waals surface area contributed by atoms with Gasteiger partial charge >= 0.3 is 0 Å². The molecule has 0 saturated heterocycles. The minimum absolute atomic E-state index is 0.0715. The lowest BCUT2D eigenvalue weighted by Crippen LogP contribution is -2.45. The van der Waals surface area contributed by atoms with Crippen molar-refractivity contribution in [1.29, 1.82) is 0 Å². The van der Waals surface area contributed by atoms with Gasteiger partial charge in [-0.25, -0.2) is 8.42 Å². The van der Waals surface area contributed by atoms with Gasteiger partial charge in [0.05, 0.1) is 11.7 Å². The lowest BCUT2D eigenvalue weighted by molar-refractivity contribution is -0.131. The lowest BCUT2D eigenvalue weighted by atomic mass is 10.1. The number of likely N-dealkylation sites (N-methyl/N-ethyl adjacent to an activating group) is 1. The number of hydrogen-bond acceptors (Lipinski definition) is 3. The average molecular weight is 330 g/mol. The Bertz CT molecular complexity index is 630. The molecule has 0 radical (unpaired) electrons. The van der Waals surface area contributed by atoms with Gasteiger partial charge in [-0.15, -0.1) is 0 Å². The standard InChI is InChI=1S/C15H20ClNO3S/c1-17(13-7-4-8-14(13)21(2,19)20)15(18)10-11-5-3-6-12(16)9-11/h3,5-6,9,13-14H,4,7-8,10H2,1-2H3/t13-,14-/m1/s1. The second-order valence-corrected chi connectivity index (χ2v) is 8.38. The molecule has 4 nitrogen and oxygen atoms in total. The van der Waals surface area contributed by atoms with Gasteiger partial charge in [0.25, 0.3) is 0 Å². The molecule has 1 aromatic carbocycles. The SMILES string of the molecule is CN(C(=O)Cc1cccc(Cl)c1)[C@@H]1CCC[C@H]1S(C)(=O)=O. The van der Waals surface area contributed by atoms with Gasteiger partial charge in [0.15, 0.2) is 9.84 Å². The number of hydrogen-bond donors (Lipinski definition) is 0. The second kappa shape index (κ2) is 6.36. The molecule has 21 heavy (non-hydrogen) atoms. The first-order valence-corrected chi connectivity index (χ1v) is 9.31. The number of rotatable bonds is 4. The van der Waals surface area contributed by atoms with Crippen LogP contribution in [0.15, 0.2) is 24.3 Å². The monoisotopic (exact) mass is 329 g/mol. The Hall–Kier alpha value is -1.07. The molecule has 1 saturated carbocycles. The summed E-state index contributed by atoms with van der Waals surface area (Å²) < 4.78 is 23.6. The Morgan fingerprint density at radius 2 is 2.10 bits per heavy atom. The van der Waals surface area contributed by atoms with Gasteiger partial charge in [0, 0.05) is 24.4 Å². The number of nitrogens with zero attached hydrogens (tertiary/aromatic N) is 1. The molecule has 6 heteroatoms. The van der Waals surface area contributed by atoms with Crippen LogP contribution in [-0.4, -0.2) is 43.8 Å². The van der Waals surface area contributed by atoms with Crippen molar-refractivity contribution in [3.8, 4) is 0 Å². The molecular formula is C15H20ClNO3S. The van der Waals surface area contributed by atoms with Crippen molar-refractivity contribution in [2.75, 3.05) is 13.3 Å². The summed E-state index contributed by atoms with van der Waals surface area (Å²) in [6, 6.07) is 6.96. The van der Waals surface area contributed by atoms with Crippen molar-refractivity contribution < 1.29 is 13.2 Å². The number of halogens is 1. The summed E-state index contributed by atoms with van der Waals surface area (Å²) in [5, 5.41) is 0.156. The summed E-state index contributed by atoms with van der Waals surface area (Å²) in [7, 11) is -1.43. The van der Waals surface area contributed by atoms with Crippen LogP contribution in [0.2, 0.25) is 5.02 Å². The van der Waals surface area contributed by atoms with Crippen LogP contribution >= 0.6 is 11.6 Å². The molecule has 0 heterocycles. The van der Waals surface area contributed by atoms with E-state index >= 15 is 0 Å². The molecule has 2 atom stereocenters. The van der Waals surface area contributed by atoms with Gasteiger partial charge in [0.1, 0.15) is 0 Å². The molecular weight excluding hydrogens is 310 g/mol. The molecule has 0 bridgehead atoms. The Kier molecular flexibility index (Phi) is 4.94. The number of benzene rings is 1. The predicted molar refractivity (Wildman–Crippen MR) is 84.2 cm³/mol. The van der Waals surface area contributed by atoms with Crippen molar-refractivity contribution in [2.24, 2.45) is 0 Å². The fourth-order valence-electron chi connectivity index (χ4n) is 2.98. The van der Waals surface area contributed by atoms with Gasteiger partial charge in [-0.3, -0.25) is 4.79 Å². The topological polar surface area (TPSA) is 54.5 Å². The maximum Gasteiger partial charge on any atom is 0.227 e. The van der Waals surface area contributed by atoms with Crippen LogP contribution in [0, 0.1) is 0 Å². The van der Waals surface area contributed by atoms with Gasteiger partial charge < -0.3 is 4.90 Å². The Morgan fingerprint density at radius 1 is 1.38 bits per heavy atom. The molecule has 1 fully saturated rings. The normalized spacial score (nSPS) is 22.2. The van der Waals surface area contributed by atoms with E-state index < -0.39 is 15.1 Å². The smallest absolute Gasteiger partial charge is 0.227 e. The van der Waals surface area contributed by atoms with Crippen LogP contribution < -0.4 is 0 Å². The van der Waals surface area contributed by atoms with E-state index in [4.69, 9.17) is 11.6 Å². The highest BCUT2D eigenvalue weighted by molar-refractivity contribution is 7.91. The van der Waals surface area contributed by atoms with Crippen LogP contribution in [0.5, 0.6) is 0 Å². The van der Waals surface area contributed by atoms with Crippen molar-refractivity contribution in [3.63, 3.8) is 0 Å². The highest BCUT2D eigenvalue weighted by atomic mass is 35.5. The molecule has 2 rings (SSSR count). The van der Waals surface area contributed by atoms with E-state index in [-0.39, 0.29) is 18.4 Å². The zero-order chi connectivity index (χ0) is 15.6. The Morgan fingerprint density at radius 3 is 2.71 bits per heavy atom. The van der Waals surface area contributed by atoms with Gasteiger partial charge in [-0.05, 0) is 37.0 Å². The first-order valence-electron chi connectivity index (χ1n) is 6.98. The van der Waals surface area contributed by atoms with E-state index in [2.05, 4.69) is 0 Å². The number of amides is 1. The second-order valence-electron chi connectivity index (χ2n) is 5.68. The largest absolute Gasteiger partial charge is 0.341 e. The molecule has 1 amide bonds. The van der Waals surface area contributed by atoms with Crippen LogP contribution in [-0.2, 0) is 21.1 Å². The van der Waals surface area contributed by atoms with Crippen molar-refractivity contribution >= 4 is 27.3 Å². The Labute approximate surface area is 131 Å². The molecule has 0 unspecified atom stereocenters. The zero-order valence-corrected chi connectivity index (χ0v) is 13.8. The fraction of sp³-hybridized carbons (Fsp3) is 0.533. The highest BCUT2D eigenvalue weighted by Gasteiger charge is 2.38. The van der Waals surface area contributed by atoms with E-state index in [1.165, 1.54) is 6.26 Å². The van der Waals surface area contributed by atoms with E-state index in [1.807, 2.05) is 6.07 Å². The average Bonchev–Trinajstić information content (AvgIpc) is 2.86. The van der Waals surface area contributed by atoms with Crippen LogP contribution in [0.25, 0.3) is 0 Å². The van der Waals surface area contributed by atoms with Gasteiger partial charge in [-0.1, -0.05) is 23.7 Å². The minimum Gasteiger partial charge on any atom is -0.341 e. The predicted octanol–water partition coefficient (Wildman–Crippen LogP) is 2.31. The van der Waals surface area contributed by atoms with Crippen LogP contribution in [0.3, 0.4) is 0 Å². The molecule has 1 aliphatic carbocycles. The summed E-state index contributed by atoms with van der Waals surface area (Å²) in [5.74, 6) is -0.0715. The molecule has 1 aromatic rings. The highest BCUT2D eigenvalue weighted by Crippen LogP contribution is 2.29. The third-order valence-electron chi connectivity index (χ3n) is 4.10. The first kappa shape index (κ1) is 16.3. The quantitative estimate of drug-likeness (QED) is 0.851. The molecule has 1 aliphatic rings. The van der Waals surface area contributed by atoms with Crippen molar-refractivity contribution in [3.05, 3.63) is 34.9 Å². The van der Waals surface area contributed by atoms with Crippen LogP contribution in [0.1, 0.15) is 24.8 Å². The third-order valence-corrected chi connectivity index (χ3v) is 5.99. The van der Waals surface area contributed by atoms with E-state index in [0.717, 1.165) is 18.4 Å². The first-order chi connectivity index (χ1) is 9.79. The van der Waals surface area contributed by atoms with E-state index in [0.29, 0.717) is 11.4 Å². The maximum absolute atomic E-state index is 12.4. The van der Waals surface area contributed by atoms with Gasteiger partial charge in [-0.2, -0.15) is 0 Å². The lowest BCUT2D eigenvalue weighted by Gasteiger charge is -2.29. The summed E-state index contributed by atoms with van der Waals surface area (Å²) in [5.41, 5.74) is 0.841. The number of carbonyl (C=O) groups is 1. The summed E-state index contributed by atoms with van der Waals surface area (Å²) in [6.45, 7) is 0. The summed E-state index contributed by atoms with van der Waals surface area (Å²) >= 11 is 5.91.